The van der Waals surface area contributed by atoms with E-state index in [1.807, 2.05) is 12.1 Å². The molecule has 0 aliphatic heterocycles. The first-order valence-electron chi connectivity index (χ1n) is 8.40. The summed E-state index contributed by atoms with van der Waals surface area (Å²) in [6.45, 7) is 2.20. The van der Waals surface area contributed by atoms with Crippen molar-refractivity contribution in [3.63, 3.8) is 0 Å². The fraction of sp³-hybridized carbons (Fsp3) is 0.0435. The molecule has 0 fully saturated rings. The SMILES string of the molecule is Brc1ccco1.Cc1ccccc1P(c1ccccc1)c1ccccc1. The molecule has 3 aromatic carbocycles. The van der Waals surface area contributed by atoms with Gasteiger partial charge < -0.3 is 4.42 Å². The molecule has 0 saturated heterocycles. The van der Waals surface area contributed by atoms with Crippen molar-refractivity contribution in [2.45, 2.75) is 6.92 Å². The Morgan fingerprint density at radius 2 is 1.19 bits per heavy atom. The van der Waals surface area contributed by atoms with Gasteiger partial charge in [-0.15, -0.1) is 0 Å². The van der Waals surface area contributed by atoms with Crippen LogP contribution in [-0.4, -0.2) is 0 Å². The highest BCUT2D eigenvalue weighted by Gasteiger charge is 2.17. The van der Waals surface area contributed by atoms with E-state index in [1.54, 1.807) is 6.26 Å². The predicted octanol–water partition coefficient (Wildman–Crippen LogP) is 5.80. The van der Waals surface area contributed by atoms with Crippen LogP contribution in [0.25, 0.3) is 0 Å². The van der Waals surface area contributed by atoms with Gasteiger partial charge in [-0.2, -0.15) is 0 Å². The number of aryl methyl sites for hydroxylation is 1. The number of halogens is 1. The van der Waals surface area contributed by atoms with Gasteiger partial charge in [0.1, 0.15) is 0 Å². The van der Waals surface area contributed by atoms with Crippen LogP contribution >= 0.6 is 23.9 Å². The van der Waals surface area contributed by atoms with Crippen molar-refractivity contribution in [3.05, 3.63) is 114 Å². The van der Waals surface area contributed by atoms with Crippen LogP contribution in [0.15, 0.2) is 112 Å². The molecule has 26 heavy (non-hydrogen) atoms. The molecule has 1 aromatic heterocycles. The minimum absolute atomic E-state index is 0.467. The van der Waals surface area contributed by atoms with Gasteiger partial charge >= 0.3 is 0 Å². The van der Waals surface area contributed by atoms with E-state index in [4.69, 9.17) is 4.42 Å². The minimum atomic E-state index is -0.467. The quantitative estimate of drug-likeness (QED) is 0.380. The highest BCUT2D eigenvalue weighted by atomic mass is 79.9. The largest absolute Gasteiger partial charge is 0.458 e. The van der Waals surface area contributed by atoms with Gasteiger partial charge in [0, 0.05) is 0 Å². The monoisotopic (exact) mass is 422 g/mol. The first-order valence-corrected chi connectivity index (χ1v) is 10.5. The Balaban J connectivity index is 0.000000278. The first kappa shape index (κ1) is 18.6. The van der Waals surface area contributed by atoms with E-state index in [2.05, 4.69) is 108 Å². The van der Waals surface area contributed by atoms with E-state index >= 15 is 0 Å². The molecular weight excluding hydrogens is 403 g/mol. The van der Waals surface area contributed by atoms with E-state index < -0.39 is 7.92 Å². The number of benzene rings is 3. The number of hydrogen-bond acceptors (Lipinski definition) is 1. The molecule has 0 spiro atoms. The number of rotatable bonds is 3. The van der Waals surface area contributed by atoms with Crippen molar-refractivity contribution in [2.75, 3.05) is 0 Å². The van der Waals surface area contributed by atoms with E-state index in [-0.39, 0.29) is 0 Å². The first-order chi connectivity index (χ1) is 12.8. The number of hydrogen-bond donors (Lipinski definition) is 0. The summed E-state index contributed by atoms with van der Waals surface area (Å²) in [5.41, 5.74) is 1.37. The second-order valence-electron chi connectivity index (χ2n) is 5.71. The average molecular weight is 423 g/mol. The van der Waals surface area contributed by atoms with Crippen molar-refractivity contribution in [2.24, 2.45) is 0 Å². The Morgan fingerprint density at radius 1 is 0.654 bits per heavy atom. The summed E-state index contributed by atoms with van der Waals surface area (Å²) in [5, 5.41) is 4.26. The lowest BCUT2D eigenvalue weighted by atomic mass is 10.2. The van der Waals surface area contributed by atoms with Crippen molar-refractivity contribution in [1.29, 1.82) is 0 Å². The molecular formula is C23H20BrOP. The molecule has 3 heteroatoms. The van der Waals surface area contributed by atoms with Crippen molar-refractivity contribution in [1.82, 2.24) is 0 Å². The molecule has 1 heterocycles. The molecule has 130 valence electrons. The van der Waals surface area contributed by atoms with E-state index in [0.717, 1.165) is 4.67 Å². The molecule has 0 amide bonds. The van der Waals surface area contributed by atoms with Crippen LogP contribution in [0.4, 0.5) is 0 Å². The zero-order valence-corrected chi connectivity index (χ0v) is 17.0. The van der Waals surface area contributed by atoms with Gasteiger partial charge in [0.2, 0.25) is 0 Å². The highest BCUT2D eigenvalue weighted by Crippen LogP contribution is 2.33. The zero-order valence-electron chi connectivity index (χ0n) is 14.5. The van der Waals surface area contributed by atoms with Crippen LogP contribution < -0.4 is 15.9 Å². The lowest BCUT2D eigenvalue weighted by molar-refractivity contribution is 0.541. The summed E-state index contributed by atoms with van der Waals surface area (Å²) in [4.78, 5) is 0. The molecule has 0 N–H and O–H groups in total. The van der Waals surface area contributed by atoms with Crippen LogP contribution in [0, 0.1) is 6.92 Å². The Bertz CT molecular complexity index is 866. The lowest BCUT2D eigenvalue weighted by Crippen LogP contribution is -2.22. The summed E-state index contributed by atoms with van der Waals surface area (Å²) < 4.78 is 5.53. The van der Waals surface area contributed by atoms with Gasteiger partial charge in [0.15, 0.2) is 4.67 Å². The van der Waals surface area contributed by atoms with Crippen molar-refractivity contribution < 1.29 is 4.42 Å². The molecule has 0 bridgehead atoms. The summed E-state index contributed by atoms with van der Waals surface area (Å²) >= 11 is 3.11. The van der Waals surface area contributed by atoms with Crippen LogP contribution in [0.2, 0.25) is 0 Å². The Morgan fingerprint density at radius 3 is 1.62 bits per heavy atom. The summed E-state index contributed by atoms with van der Waals surface area (Å²) in [5.74, 6) is 0. The fourth-order valence-corrected chi connectivity index (χ4v) is 5.37. The van der Waals surface area contributed by atoms with Crippen LogP contribution in [-0.2, 0) is 0 Å². The molecule has 0 saturated carbocycles. The predicted molar refractivity (Wildman–Crippen MR) is 116 cm³/mol. The third-order valence-electron chi connectivity index (χ3n) is 3.87. The van der Waals surface area contributed by atoms with Crippen molar-refractivity contribution >= 4 is 39.8 Å². The van der Waals surface area contributed by atoms with Gasteiger partial charge in [-0.25, -0.2) is 0 Å². The van der Waals surface area contributed by atoms with Gasteiger partial charge in [0.05, 0.1) is 6.26 Å². The second-order valence-corrected chi connectivity index (χ2v) is 8.68. The summed E-state index contributed by atoms with van der Waals surface area (Å²) in [6.07, 6.45) is 1.62. The molecule has 0 radical (unpaired) electrons. The van der Waals surface area contributed by atoms with Gasteiger partial charge in [-0.1, -0.05) is 84.9 Å². The van der Waals surface area contributed by atoms with Gasteiger partial charge in [-0.05, 0) is 64.4 Å². The third kappa shape index (κ3) is 4.94. The van der Waals surface area contributed by atoms with E-state index in [1.165, 1.54) is 21.5 Å². The van der Waals surface area contributed by atoms with Gasteiger partial charge in [0.25, 0.3) is 0 Å². The second kappa shape index (κ2) is 9.52. The van der Waals surface area contributed by atoms with Crippen LogP contribution in [0.1, 0.15) is 5.56 Å². The Labute approximate surface area is 164 Å². The van der Waals surface area contributed by atoms with E-state index in [9.17, 15) is 0 Å². The molecule has 0 atom stereocenters. The van der Waals surface area contributed by atoms with Crippen LogP contribution in [0.3, 0.4) is 0 Å². The van der Waals surface area contributed by atoms with E-state index in [0.29, 0.717) is 0 Å². The normalized spacial score (nSPS) is 10.3. The smallest absolute Gasteiger partial charge is 0.168 e. The lowest BCUT2D eigenvalue weighted by Gasteiger charge is -2.21. The molecule has 4 rings (SSSR count). The maximum Gasteiger partial charge on any atom is 0.168 e. The molecule has 0 aliphatic carbocycles. The number of furan rings is 1. The van der Waals surface area contributed by atoms with Crippen molar-refractivity contribution in [3.8, 4) is 0 Å². The Hall–Kier alpha value is -2.15. The minimum Gasteiger partial charge on any atom is -0.458 e. The standard InChI is InChI=1S/C19H17P.C4H3BrO/c1-16-10-8-9-15-19(16)20(17-11-4-2-5-12-17)18-13-6-3-7-14-18;5-4-2-1-3-6-4/h2-15H,1H3;1-3H. The molecule has 0 aliphatic rings. The molecule has 0 unspecified atom stereocenters. The topological polar surface area (TPSA) is 13.1 Å². The average Bonchev–Trinajstić information content (AvgIpc) is 3.17. The highest BCUT2D eigenvalue weighted by molar-refractivity contribution is 9.10. The Kier molecular flexibility index (Phi) is 6.82. The zero-order chi connectivity index (χ0) is 18.2. The summed E-state index contributed by atoms with van der Waals surface area (Å²) in [6, 6.07) is 34.0. The molecule has 1 nitrogen and oxygen atoms in total. The maximum absolute atomic E-state index is 4.75. The maximum atomic E-state index is 4.75. The molecule has 4 aromatic rings. The fourth-order valence-electron chi connectivity index (χ4n) is 2.65. The van der Waals surface area contributed by atoms with Gasteiger partial charge in [-0.3, -0.25) is 0 Å². The third-order valence-corrected chi connectivity index (χ3v) is 6.94. The summed E-state index contributed by atoms with van der Waals surface area (Å²) in [7, 11) is -0.467. The van der Waals surface area contributed by atoms with Crippen LogP contribution in [0.5, 0.6) is 0 Å².